The topological polar surface area (TPSA) is 66.5 Å². The van der Waals surface area contributed by atoms with Gasteiger partial charge in [-0.3, -0.25) is 0 Å². The van der Waals surface area contributed by atoms with Gasteiger partial charge in [0.1, 0.15) is 23.5 Å². The lowest BCUT2D eigenvalue weighted by Gasteiger charge is -2.28. The summed E-state index contributed by atoms with van der Waals surface area (Å²) in [5.41, 5.74) is 5.70. The van der Waals surface area contributed by atoms with Crippen molar-refractivity contribution in [3.63, 3.8) is 0 Å². The molecule has 0 bridgehead atoms. The summed E-state index contributed by atoms with van der Waals surface area (Å²) in [7, 11) is 1.71. The quantitative estimate of drug-likeness (QED) is 0.737. The molecule has 0 unspecified atom stereocenters. The van der Waals surface area contributed by atoms with Crippen LogP contribution in [-0.2, 0) is 11.2 Å². The molecule has 2 aromatic heterocycles. The van der Waals surface area contributed by atoms with Gasteiger partial charge in [0, 0.05) is 43.6 Å². The van der Waals surface area contributed by atoms with E-state index in [2.05, 4.69) is 56.1 Å². The number of hydrogen-bond donors (Lipinski definition) is 1. The molecule has 7 heteroatoms. The molecule has 0 amide bonds. The van der Waals surface area contributed by atoms with E-state index < -0.39 is 0 Å². The van der Waals surface area contributed by atoms with Crippen molar-refractivity contribution >= 4 is 28.1 Å². The fourth-order valence-electron chi connectivity index (χ4n) is 4.17. The minimum absolute atomic E-state index is 0.734. The molecule has 2 aliphatic heterocycles. The van der Waals surface area contributed by atoms with Crippen LogP contribution in [0.4, 0.5) is 11.5 Å². The van der Waals surface area contributed by atoms with Crippen LogP contribution in [0.15, 0.2) is 36.8 Å². The van der Waals surface area contributed by atoms with Crippen LogP contribution in [0, 0.1) is 0 Å². The normalized spacial score (nSPS) is 16.7. The maximum atomic E-state index is 5.49. The van der Waals surface area contributed by atoms with Crippen molar-refractivity contribution in [3.05, 3.63) is 48.1 Å². The van der Waals surface area contributed by atoms with Gasteiger partial charge in [0.2, 0.25) is 0 Å². The highest BCUT2D eigenvalue weighted by molar-refractivity contribution is 5.92. The van der Waals surface area contributed by atoms with Crippen LogP contribution < -0.4 is 14.5 Å². The van der Waals surface area contributed by atoms with E-state index in [4.69, 9.17) is 9.47 Å². The zero-order valence-electron chi connectivity index (χ0n) is 16.8. The molecule has 0 atom stereocenters. The van der Waals surface area contributed by atoms with Gasteiger partial charge >= 0.3 is 0 Å². The van der Waals surface area contributed by atoms with Gasteiger partial charge in [-0.05, 0) is 42.3 Å². The third kappa shape index (κ3) is 3.21. The van der Waals surface area contributed by atoms with Gasteiger partial charge in [-0.15, -0.1) is 0 Å². The van der Waals surface area contributed by atoms with Crippen LogP contribution in [0.1, 0.15) is 18.2 Å². The van der Waals surface area contributed by atoms with E-state index in [1.165, 1.54) is 16.8 Å². The minimum Gasteiger partial charge on any atom is -0.497 e. The Labute approximate surface area is 170 Å². The Hall–Kier alpha value is -3.06. The Morgan fingerprint density at radius 1 is 1.17 bits per heavy atom. The molecule has 0 aliphatic carbocycles. The Balaban J connectivity index is 1.54. The van der Waals surface area contributed by atoms with Crippen molar-refractivity contribution in [3.8, 4) is 5.75 Å². The Kier molecular flexibility index (Phi) is 4.60. The van der Waals surface area contributed by atoms with E-state index in [0.717, 1.165) is 67.6 Å². The summed E-state index contributed by atoms with van der Waals surface area (Å²) in [5, 5.41) is 1.06. The zero-order valence-corrected chi connectivity index (χ0v) is 16.8. The molecule has 1 fully saturated rings. The van der Waals surface area contributed by atoms with Crippen molar-refractivity contribution in [1.82, 2.24) is 15.0 Å². The SMILES string of the molecule is CCN1C=C(c2cc3c(N4CCOCC4)ncnc3[nH]2)Cc2cc(OC)ccc21. The number of nitrogens with zero attached hydrogens (tertiary/aromatic N) is 4. The first-order chi connectivity index (χ1) is 14.3. The molecule has 3 aromatic rings. The fraction of sp³-hybridized carbons (Fsp3) is 0.364. The van der Waals surface area contributed by atoms with Gasteiger partial charge in [0.05, 0.1) is 25.7 Å². The number of aromatic nitrogens is 3. The molecule has 4 heterocycles. The predicted octanol–water partition coefficient (Wildman–Crippen LogP) is 3.23. The van der Waals surface area contributed by atoms with E-state index >= 15 is 0 Å². The standard InChI is InChI=1S/C22H25N5O2/c1-3-26-13-16(10-15-11-17(28-2)4-5-20(15)26)19-12-18-21(25-19)23-14-24-22(18)27-6-8-29-9-7-27/h4-5,11-14H,3,6-10H2,1-2H3,(H,23,24,25). The molecule has 2 aliphatic rings. The molecule has 150 valence electrons. The number of rotatable bonds is 4. The third-order valence-corrected chi connectivity index (χ3v) is 5.69. The summed E-state index contributed by atoms with van der Waals surface area (Å²) in [6, 6.07) is 8.48. The number of allylic oxidation sites excluding steroid dienone is 1. The van der Waals surface area contributed by atoms with Crippen LogP contribution >= 0.6 is 0 Å². The molecule has 7 nitrogen and oxygen atoms in total. The predicted molar refractivity (Wildman–Crippen MR) is 115 cm³/mol. The van der Waals surface area contributed by atoms with Crippen LogP contribution in [0.3, 0.4) is 0 Å². The Morgan fingerprint density at radius 3 is 2.83 bits per heavy atom. The van der Waals surface area contributed by atoms with Crippen molar-refractivity contribution in [2.24, 2.45) is 0 Å². The molecule has 0 spiro atoms. The van der Waals surface area contributed by atoms with Gasteiger partial charge < -0.3 is 24.3 Å². The Bertz CT molecular complexity index is 1070. The van der Waals surface area contributed by atoms with Crippen LogP contribution in [0.25, 0.3) is 16.6 Å². The zero-order chi connectivity index (χ0) is 19.8. The highest BCUT2D eigenvalue weighted by Crippen LogP contribution is 2.36. The van der Waals surface area contributed by atoms with Crippen molar-refractivity contribution in [1.29, 1.82) is 0 Å². The summed E-state index contributed by atoms with van der Waals surface area (Å²) in [6.45, 7) is 6.25. The largest absolute Gasteiger partial charge is 0.497 e. The number of aromatic amines is 1. The van der Waals surface area contributed by atoms with Gasteiger partial charge in [0.25, 0.3) is 0 Å². The summed E-state index contributed by atoms with van der Waals surface area (Å²) in [4.78, 5) is 17.1. The summed E-state index contributed by atoms with van der Waals surface area (Å²) >= 11 is 0. The van der Waals surface area contributed by atoms with Crippen molar-refractivity contribution < 1.29 is 9.47 Å². The van der Waals surface area contributed by atoms with Crippen molar-refractivity contribution in [2.45, 2.75) is 13.3 Å². The molecule has 1 N–H and O–H groups in total. The number of hydrogen-bond acceptors (Lipinski definition) is 6. The molecular weight excluding hydrogens is 366 g/mol. The van der Waals surface area contributed by atoms with Gasteiger partial charge in [-0.1, -0.05) is 0 Å². The molecule has 0 radical (unpaired) electrons. The van der Waals surface area contributed by atoms with Gasteiger partial charge in [0.15, 0.2) is 0 Å². The second kappa shape index (κ2) is 7.40. The van der Waals surface area contributed by atoms with E-state index in [-0.39, 0.29) is 0 Å². The van der Waals surface area contributed by atoms with E-state index in [9.17, 15) is 0 Å². The molecule has 0 saturated carbocycles. The van der Waals surface area contributed by atoms with Crippen LogP contribution in [0.2, 0.25) is 0 Å². The minimum atomic E-state index is 0.734. The highest BCUT2D eigenvalue weighted by Gasteiger charge is 2.22. The van der Waals surface area contributed by atoms with Gasteiger partial charge in [-0.2, -0.15) is 0 Å². The van der Waals surface area contributed by atoms with Crippen molar-refractivity contribution in [2.75, 3.05) is 49.8 Å². The number of fused-ring (bicyclic) bond motifs is 2. The second-order valence-corrected chi connectivity index (χ2v) is 7.35. The number of anilines is 2. The summed E-state index contributed by atoms with van der Waals surface area (Å²) < 4.78 is 10.9. The monoisotopic (exact) mass is 391 g/mol. The lowest BCUT2D eigenvalue weighted by Crippen LogP contribution is -2.36. The highest BCUT2D eigenvalue weighted by atomic mass is 16.5. The number of ether oxygens (including phenoxy) is 2. The van der Waals surface area contributed by atoms with E-state index in [0.29, 0.717) is 0 Å². The second-order valence-electron chi connectivity index (χ2n) is 7.35. The first-order valence-electron chi connectivity index (χ1n) is 10.1. The summed E-state index contributed by atoms with van der Waals surface area (Å²) in [5.74, 6) is 1.87. The smallest absolute Gasteiger partial charge is 0.143 e. The van der Waals surface area contributed by atoms with Crippen LogP contribution in [-0.4, -0.2) is 54.9 Å². The number of benzene rings is 1. The number of methoxy groups -OCH3 is 1. The van der Waals surface area contributed by atoms with E-state index in [1.807, 2.05) is 6.07 Å². The van der Waals surface area contributed by atoms with Gasteiger partial charge in [-0.25, -0.2) is 9.97 Å². The third-order valence-electron chi connectivity index (χ3n) is 5.69. The maximum absolute atomic E-state index is 5.49. The molecule has 5 rings (SSSR count). The first kappa shape index (κ1) is 18.0. The van der Waals surface area contributed by atoms with Crippen LogP contribution in [0.5, 0.6) is 5.75 Å². The number of H-pyrrole nitrogens is 1. The Morgan fingerprint density at radius 2 is 2.03 bits per heavy atom. The number of nitrogens with one attached hydrogen (secondary N) is 1. The van der Waals surface area contributed by atoms with E-state index in [1.54, 1.807) is 13.4 Å². The number of morpholine rings is 1. The lowest BCUT2D eigenvalue weighted by atomic mass is 9.97. The average Bonchev–Trinajstić information content (AvgIpc) is 3.23. The maximum Gasteiger partial charge on any atom is 0.143 e. The lowest BCUT2D eigenvalue weighted by molar-refractivity contribution is 0.122. The molecular formula is C22H25N5O2. The average molecular weight is 391 g/mol. The fourth-order valence-corrected chi connectivity index (χ4v) is 4.17. The molecule has 1 saturated heterocycles. The molecule has 29 heavy (non-hydrogen) atoms. The summed E-state index contributed by atoms with van der Waals surface area (Å²) in [6.07, 6.45) is 4.72. The first-order valence-corrected chi connectivity index (χ1v) is 10.1. The molecule has 1 aromatic carbocycles.